The van der Waals surface area contributed by atoms with Crippen molar-refractivity contribution in [2.24, 2.45) is 23.7 Å². The summed E-state index contributed by atoms with van der Waals surface area (Å²) < 4.78 is 11.0. The molecule has 0 amide bonds. The van der Waals surface area contributed by atoms with Crippen LogP contribution in [0.5, 0.6) is 0 Å². The van der Waals surface area contributed by atoms with Crippen LogP contribution in [0, 0.1) is 23.7 Å². The number of hydrogen-bond acceptors (Lipinski definition) is 5. The Kier molecular flexibility index (Phi) is 5.04. The Morgan fingerprint density at radius 3 is 2.21 bits per heavy atom. The van der Waals surface area contributed by atoms with Gasteiger partial charge in [-0.2, -0.15) is 0 Å². The lowest BCUT2D eigenvalue weighted by Gasteiger charge is -2.27. The van der Waals surface area contributed by atoms with E-state index in [0.29, 0.717) is 5.56 Å². The van der Waals surface area contributed by atoms with Crippen LogP contribution in [0.15, 0.2) is 28.7 Å². The number of methoxy groups -OCH3 is 1. The van der Waals surface area contributed by atoms with Gasteiger partial charge in [0, 0.05) is 10.0 Å². The van der Waals surface area contributed by atoms with Gasteiger partial charge < -0.3 is 9.47 Å². The van der Waals surface area contributed by atoms with Gasteiger partial charge in [0.05, 0.1) is 18.9 Å². The molecule has 0 unspecified atom stereocenters. The number of ether oxygens (including phenoxy) is 2. The molecule has 128 valence electrons. The van der Waals surface area contributed by atoms with Crippen LogP contribution in [0.3, 0.4) is 0 Å². The molecular formula is C18H19BrO5. The molecular weight excluding hydrogens is 376 g/mol. The maximum Gasteiger partial charge on any atom is 0.310 e. The number of carbonyl (C=O) groups excluding carboxylic acids is 3. The Morgan fingerprint density at radius 1 is 1.04 bits per heavy atom. The van der Waals surface area contributed by atoms with Crippen LogP contribution in [0.4, 0.5) is 0 Å². The van der Waals surface area contributed by atoms with E-state index in [2.05, 4.69) is 15.9 Å². The van der Waals surface area contributed by atoms with Crippen LogP contribution in [-0.4, -0.2) is 31.4 Å². The van der Waals surface area contributed by atoms with Crippen LogP contribution in [0.1, 0.15) is 29.6 Å². The highest BCUT2D eigenvalue weighted by molar-refractivity contribution is 9.10. The zero-order chi connectivity index (χ0) is 17.3. The number of hydrogen-bond donors (Lipinski definition) is 0. The van der Waals surface area contributed by atoms with E-state index in [4.69, 9.17) is 9.47 Å². The highest BCUT2D eigenvalue weighted by Gasteiger charge is 2.55. The molecule has 6 heteroatoms. The summed E-state index contributed by atoms with van der Waals surface area (Å²) in [7, 11) is 1.34. The Labute approximate surface area is 148 Å². The monoisotopic (exact) mass is 394 g/mol. The van der Waals surface area contributed by atoms with E-state index in [0.717, 1.165) is 23.7 Å². The molecule has 0 radical (unpaired) electrons. The minimum atomic E-state index is -0.478. The number of esters is 2. The number of ketones is 1. The lowest BCUT2D eigenvalue weighted by Crippen LogP contribution is -2.37. The normalized spacial score (nSPS) is 27.8. The van der Waals surface area contributed by atoms with Gasteiger partial charge in [-0.15, -0.1) is 0 Å². The molecule has 2 fully saturated rings. The van der Waals surface area contributed by atoms with E-state index < -0.39 is 17.8 Å². The average molecular weight is 395 g/mol. The van der Waals surface area contributed by atoms with Crippen molar-refractivity contribution >= 4 is 33.7 Å². The van der Waals surface area contributed by atoms with Crippen LogP contribution >= 0.6 is 15.9 Å². The van der Waals surface area contributed by atoms with Gasteiger partial charge in [-0.1, -0.05) is 28.1 Å². The first-order chi connectivity index (χ1) is 11.5. The minimum Gasteiger partial charge on any atom is -0.469 e. The molecule has 1 aromatic rings. The van der Waals surface area contributed by atoms with Gasteiger partial charge in [-0.05, 0) is 43.2 Å². The fourth-order valence-corrected chi connectivity index (χ4v) is 4.32. The van der Waals surface area contributed by atoms with Gasteiger partial charge in [-0.25, -0.2) is 0 Å². The fourth-order valence-electron chi connectivity index (χ4n) is 4.06. The number of carbonyl (C=O) groups is 3. The van der Waals surface area contributed by atoms with Crippen molar-refractivity contribution in [1.29, 1.82) is 0 Å². The number of Topliss-reactive ketones (excluding diaryl/α,β-unsaturated/α-hetero) is 1. The molecule has 0 N–H and O–H groups in total. The van der Waals surface area contributed by atoms with Crippen molar-refractivity contribution in [2.75, 3.05) is 13.7 Å². The second-order valence-corrected chi connectivity index (χ2v) is 7.36. The third-order valence-corrected chi connectivity index (χ3v) is 5.70. The number of rotatable bonds is 5. The first-order valence-corrected chi connectivity index (χ1v) is 8.83. The molecule has 0 aliphatic heterocycles. The van der Waals surface area contributed by atoms with Crippen LogP contribution in [0.25, 0.3) is 0 Å². The summed E-state index contributed by atoms with van der Waals surface area (Å²) in [6.07, 6.45) is 2.74. The topological polar surface area (TPSA) is 69.7 Å². The highest BCUT2D eigenvalue weighted by atomic mass is 79.9. The van der Waals surface area contributed by atoms with E-state index in [9.17, 15) is 14.4 Å². The molecule has 0 saturated heterocycles. The van der Waals surface area contributed by atoms with E-state index >= 15 is 0 Å². The van der Waals surface area contributed by atoms with Crippen LogP contribution in [0.2, 0.25) is 0 Å². The van der Waals surface area contributed by atoms with Crippen molar-refractivity contribution in [3.63, 3.8) is 0 Å². The Balaban J connectivity index is 1.63. The van der Waals surface area contributed by atoms with Crippen molar-refractivity contribution < 1.29 is 23.9 Å². The van der Waals surface area contributed by atoms with E-state index in [1.807, 2.05) is 0 Å². The second kappa shape index (κ2) is 7.05. The van der Waals surface area contributed by atoms with E-state index in [1.165, 1.54) is 7.11 Å². The van der Waals surface area contributed by atoms with Crippen molar-refractivity contribution in [1.82, 2.24) is 0 Å². The molecule has 24 heavy (non-hydrogen) atoms. The van der Waals surface area contributed by atoms with Gasteiger partial charge in [0.15, 0.2) is 12.4 Å². The average Bonchev–Trinajstić information content (AvgIpc) is 3.20. The molecule has 4 atom stereocenters. The zero-order valence-corrected chi connectivity index (χ0v) is 15.0. The van der Waals surface area contributed by atoms with Gasteiger partial charge in [-0.3, -0.25) is 14.4 Å². The molecule has 0 heterocycles. The molecule has 5 nitrogen and oxygen atoms in total. The molecule has 2 aliphatic rings. The van der Waals surface area contributed by atoms with Gasteiger partial charge in [0.2, 0.25) is 0 Å². The number of benzene rings is 1. The first-order valence-electron chi connectivity index (χ1n) is 8.04. The zero-order valence-electron chi connectivity index (χ0n) is 13.4. The molecule has 0 aromatic heterocycles. The third-order valence-electron chi connectivity index (χ3n) is 5.17. The molecule has 2 saturated carbocycles. The van der Waals surface area contributed by atoms with Gasteiger partial charge in [0.25, 0.3) is 0 Å². The lowest BCUT2D eigenvalue weighted by atomic mass is 9.79. The second-order valence-electron chi connectivity index (χ2n) is 6.45. The number of fused-ring (bicyclic) bond motifs is 2. The third kappa shape index (κ3) is 3.24. The summed E-state index contributed by atoms with van der Waals surface area (Å²) in [5, 5.41) is 0. The van der Waals surface area contributed by atoms with Gasteiger partial charge >= 0.3 is 11.9 Å². The summed E-state index contributed by atoms with van der Waals surface area (Å²) in [5.74, 6) is -1.60. The predicted octanol–water partition coefficient (Wildman–Crippen LogP) is 3.01. The van der Waals surface area contributed by atoms with Crippen molar-refractivity contribution in [3.05, 3.63) is 34.3 Å². The van der Waals surface area contributed by atoms with Crippen molar-refractivity contribution in [3.8, 4) is 0 Å². The van der Waals surface area contributed by atoms with Crippen molar-refractivity contribution in [2.45, 2.75) is 19.3 Å². The largest absolute Gasteiger partial charge is 0.469 e. The van der Waals surface area contributed by atoms with Crippen LogP contribution in [-0.2, 0) is 19.1 Å². The quantitative estimate of drug-likeness (QED) is 0.566. The molecule has 1 aromatic carbocycles. The molecule has 2 aliphatic carbocycles. The maximum atomic E-state index is 12.5. The summed E-state index contributed by atoms with van der Waals surface area (Å²) in [6.45, 7) is -0.303. The van der Waals surface area contributed by atoms with E-state index in [-0.39, 0.29) is 30.2 Å². The highest BCUT2D eigenvalue weighted by Crippen LogP contribution is 2.53. The summed E-state index contributed by atoms with van der Waals surface area (Å²) in [5.41, 5.74) is 0.489. The molecule has 0 spiro atoms. The summed E-state index contributed by atoms with van der Waals surface area (Å²) in [6, 6.07) is 6.88. The summed E-state index contributed by atoms with van der Waals surface area (Å²) in [4.78, 5) is 36.6. The lowest BCUT2D eigenvalue weighted by molar-refractivity contribution is -0.161. The fraction of sp³-hybridized carbons (Fsp3) is 0.500. The maximum absolute atomic E-state index is 12.5. The Bertz CT molecular complexity index is 654. The first kappa shape index (κ1) is 17.1. The molecule has 2 bridgehead atoms. The Hall–Kier alpha value is -1.69. The van der Waals surface area contributed by atoms with Gasteiger partial charge in [0.1, 0.15) is 0 Å². The predicted molar refractivity (Wildman–Crippen MR) is 89.3 cm³/mol. The van der Waals surface area contributed by atoms with E-state index in [1.54, 1.807) is 24.3 Å². The smallest absolute Gasteiger partial charge is 0.310 e. The Morgan fingerprint density at radius 2 is 1.62 bits per heavy atom. The molecule has 3 rings (SSSR count). The standard InChI is InChI=1S/C18H19BrO5/c1-23-17(21)15-11-2-3-12(8-11)16(15)18(22)24-9-14(20)10-4-6-13(19)7-5-10/h4-7,11-12,15-16H,2-3,8-9H2,1H3/t11-,12-,15-,16+/m0/s1. The summed E-state index contributed by atoms with van der Waals surface area (Å²) >= 11 is 3.31. The number of halogens is 1. The van der Waals surface area contributed by atoms with Crippen LogP contribution < -0.4 is 0 Å². The SMILES string of the molecule is COC(=O)[C@H]1[C@H]2CC[C@@H](C2)[C@H]1C(=O)OCC(=O)c1ccc(Br)cc1. The minimum absolute atomic E-state index is 0.161.